The van der Waals surface area contributed by atoms with Gasteiger partial charge in [0.25, 0.3) is 5.91 Å². The lowest BCUT2D eigenvalue weighted by atomic mass is 10.2. The third-order valence-electron chi connectivity index (χ3n) is 2.51. The molecular weight excluding hydrogens is 244 g/mol. The summed E-state index contributed by atoms with van der Waals surface area (Å²) in [5, 5.41) is 5.54. The van der Waals surface area contributed by atoms with E-state index in [-0.39, 0.29) is 11.8 Å². The molecule has 0 aliphatic rings. The number of carbonyl (C=O) groups excluding carboxylic acids is 2. The lowest BCUT2D eigenvalue weighted by molar-refractivity contribution is -0.121. The van der Waals surface area contributed by atoms with Crippen LogP contribution in [-0.4, -0.2) is 34.9 Å². The normalized spacial score (nSPS) is 9.95. The summed E-state index contributed by atoms with van der Waals surface area (Å²) in [5.41, 5.74) is 0.300. The lowest BCUT2D eigenvalue weighted by Crippen LogP contribution is -2.30. The number of amides is 2. The summed E-state index contributed by atoms with van der Waals surface area (Å²) in [7, 11) is 0. The van der Waals surface area contributed by atoms with Crippen molar-refractivity contribution in [2.24, 2.45) is 0 Å². The number of nitrogens with one attached hydrogen (secondary N) is 2. The quantitative estimate of drug-likeness (QED) is 0.683. The molecular formula is C13H20N4O2. The molecule has 0 saturated carbocycles. The second-order valence-corrected chi connectivity index (χ2v) is 4.15. The van der Waals surface area contributed by atoms with E-state index in [2.05, 4.69) is 27.5 Å². The van der Waals surface area contributed by atoms with Gasteiger partial charge in [-0.15, -0.1) is 0 Å². The summed E-state index contributed by atoms with van der Waals surface area (Å²) in [5.74, 6) is -0.174. The van der Waals surface area contributed by atoms with Gasteiger partial charge in [0.1, 0.15) is 5.69 Å². The number of nitrogens with zero attached hydrogens (tertiary/aromatic N) is 2. The molecule has 0 unspecified atom stereocenters. The van der Waals surface area contributed by atoms with Gasteiger partial charge in [0, 0.05) is 31.9 Å². The first kappa shape index (κ1) is 15.1. The number of unbranched alkanes of at least 4 members (excludes halogenated alkanes) is 1. The molecule has 0 spiro atoms. The van der Waals surface area contributed by atoms with E-state index in [1.54, 1.807) is 0 Å². The van der Waals surface area contributed by atoms with Gasteiger partial charge in [0.2, 0.25) is 5.91 Å². The maximum Gasteiger partial charge on any atom is 0.271 e. The molecule has 0 bridgehead atoms. The fraction of sp³-hybridized carbons (Fsp3) is 0.538. The van der Waals surface area contributed by atoms with E-state index in [9.17, 15) is 9.59 Å². The molecule has 0 radical (unpaired) electrons. The minimum absolute atomic E-state index is 0.0714. The van der Waals surface area contributed by atoms with Crippen LogP contribution in [0.4, 0.5) is 0 Å². The molecule has 0 aromatic carbocycles. The third kappa shape index (κ3) is 6.49. The van der Waals surface area contributed by atoms with Crippen LogP contribution < -0.4 is 10.6 Å². The molecule has 1 aromatic rings. The molecule has 2 N–H and O–H groups in total. The Bertz CT molecular complexity index is 395. The Morgan fingerprint density at radius 3 is 2.63 bits per heavy atom. The van der Waals surface area contributed by atoms with Crippen molar-refractivity contribution in [3.05, 3.63) is 24.3 Å². The van der Waals surface area contributed by atoms with Gasteiger partial charge in [0.05, 0.1) is 6.20 Å². The molecule has 104 valence electrons. The monoisotopic (exact) mass is 264 g/mol. The molecule has 0 aliphatic heterocycles. The van der Waals surface area contributed by atoms with Crippen LogP contribution in [0.25, 0.3) is 0 Å². The van der Waals surface area contributed by atoms with Crippen molar-refractivity contribution in [2.75, 3.05) is 13.1 Å². The fourth-order valence-corrected chi connectivity index (χ4v) is 1.45. The van der Waals surface area contributed by atoms with E-state index in [1.807, 2.05) is 0 Å². The summed E-state index contributed by atoms with van der Waals surface area (Å²) in [6.45, 7) is 3.13. The van der Waals surface area contributed by atoms with Crippen LogP contribution in [0.3, 0.4) is 0 Å². The van der Waals surface area contributed by atoms with Crippen molar-refractivity contribution in [1.82, 2.24) is 20.6 Å². The summed E-state index contributed by atoms with van der Waals surface area (Å²) >= 11 is 0. The molecule has 2 amide bonds. The second kappa shape index (κ2) is 9.02. The average molecular weight is 264 g/mol. The molecule has 0 aliphatic carbocycles. The molecule has 1 heterocycles. The molecule has 6 nitrogen and oxygen atoms in total. The van der Waals surface area contributed by atoms with Crippen LogP contribution >= 0.6 is 0 Å². The Balaban J connectivity index is 2.08. The first-order chi connectivity index (χ1) is 9.24. The zero-order valence-corrected chi connectivity index (χ0v) is 11.2. The van der Waals surface area contributed by atoms with Crippen molar-refractivity contribution < 1.29 is 9.59 Å². The van der Waals surface area contributed by atoms with Crippen LogP contribution in [0.5, 0.6) is 0 Å². The number of hydrogen-bond donors (Lipinski definition) is 2. The summed E-state index contributed by atoms with van der Waals surface area (Å²) in [6.07, 6.45) is 7.61. The van der Waals surface area contributed by atoms with E-state index in [0.29, 0.717) is 31.6 Å². The highest BCUT2D eigenvalue weighted by Gasteiger charge is 2.05. The van der Waals surface area contributed by atoms with Crippen molar-refractivity contribution in [3.63, 3.8) is 0 Å². The second-order valence-electron chi connectivity index (χ2n) is 4.15. The van der Waals surface area contributed by atoms with Crippen molar-refractivity contribution in [3.8, 4) is 0 Å². The number of rotatable bonds is 8. The zero-order valence-electron chi connectivity index (χ0n) is 11.2. The van der Waals surface area contributed by atoms with Crippen molar-refractivity contribution in [2.45, 2.75) is 32.6 Å². The van der Waals surface area contributed by atoms with E-state index < -0.39 is 0 Å². The molecule has 0 saturated heterocycles. The molecule has 6 heteroatoms. The first-order valence-electron chi connectivity index (χ1n) is 6.55. The Morgan fingerprint density at radius 1 is 1.16 bits per heavy atom. The van der Waals surface area contributed by atoms with Crippen molar-refractivity contribution in [1.29, 1.82) is 0 Å². The van der Waals surface area contributed by atoms with Crippen LogP contribution in [0.15, 0.2) is 18.6 Å². The van der Waals surface area contributed by atoms with Gasteiger partial charge in [-0.25, -0.2) is 4.98 Å². The molecule has 1 aromatic heterocycles. The average Bonchev–Trinajstić information content (AvgIpc) is 2.45. The Labute approximate surface area is 113 Å². The van der Waals surface area contributed by atoms with E-state index >= 15 is 0 Å². The molecule has 1 rings (SSSR count). The van der Waals surface area contributed by atoms with Gasteiger partial charge in [-0.2, -0.15) is 0 Å². The van der Waals surface area contributed by atoms with Gasteiger partial charge in [0.15, 0.2) is 0 Å². The predicted octanol–water partition coefficient (Wildman–Crippen LogP) is 0.903. The van der Waals surface area contributed by atoms with Gasteiger partial charge in [-0.1, -0.05) is 13.3 Å². The highest BCUT2D eigenvalue weighted by atomic mass is 16.2. The fourth-order valence-electron chi connectivity index (χ4n) is 1.45. The number of hydrogen-bond acceptors (Lipinski definition) is 4. The van der Waals surface area contributed by atoms with E-state index in [4.69, 9.17) is 0 Å². The third-order valence-corrected chi connectivity index (χ3v) is 2.51. The molecule has 0 atom stereocenters. The first-order valence-corrected chi connectivity index (χ1v) is 6.55. The lowest BCUT2D eigenvalue weighted by Gasteiger charge is -2.06. The van der Waals surface area contributed by atoms with Crippen LogP contribution in [0.2, 0.25) is 0 Å². The highest BCUT2D eigenvalue weighted by Crippen LogP contribution is 1.93. The van der Waals surface area contributed by atoms with E-state index in [1.165, 1.54) is 18.6 Å². The summed E-state index contributed by atoms with van der Waals surface area (Å²) in [4.78, 5) is 30.6. The number of carbonyl (C=O) groups is 2. The zero-order chi connectivity index (χ0) is 13.9. The van der Waals surface area contributed by atoms with Crippen molar-refractivity contribution >= 4 is 11.8 Å². The van der Waals surface area contributed by atoms with Gasteiger partial charge in [-0.05, 0) is 12.8 Å². The minimum atomic E-state index is -0.245. The summed E-state index contributed by atoms with van der Waals surface area (Å²) < 4.78 is 0. The SMILES string of the molecule is CCCCC(=O)NCCCNC(=O)c1cnccn1. The summed E-state index contributed by atoms with van der Waals surface area (Å²) in [6, 6.07) is 0. The van der Waals surface area contributed by atoms with E-state index in [0.717, 1.165) is 12.8 Å². The topological polar surface area (TPSA) is 84.0 Å². The van der Waals surface area contributed by atoms with Gasteiger partial charge >= 0.3 is 0 Å². The maximum atomic E-state index is 11.6. The van der Waals surface area contributed by atoms with Crippen LogP contribution in [-0.2, 0) is 4.79 Å². The maximum absolute atomic E-state index is 11.6. The predicted molar refractivity (Wildman–Crippen MR) is 71.5 cm³/mol. The Morgan fingerprint density at radius 2 is 1.95 bits per heavy atom. The Kier molecular flexibility index (Phi) is 7.16. The molecule has 0 fully saturated rings. The highest BCUT2D eigenvalue weighted by molar-refractivity contribution is 5.91. The minimum Gasteiger partial charge on any atom is -0.356 e. The largest absolute Gasteiger partial charge is 0.356 e. The van der Waals surface area contributed by atoms with Gasteiger partial charge < -0.3 is 10.6 Å². The Hall–Kier alpha value is -1.98. The van der Waals surface area contributed by atoms with Crippen LogP contribution in [0.1, 0.15) is 43.1 Å². The van der Waals surface area contributed by atoms with Crippen LogP contribution in [0, 0.1) is 0 Å². The smallest absolute Gasteiger partial charge is 0.271 e. The molecule has 19 heavy (non-hydrogen) atoms. The number of aromatic nitrogens is 2. The standard InChI is InChI=1S/C13H20N4O2/c1-2-3-5-12(18)16-6-4-7-17-13(19)11-10-14-8-9-15-11/h8-10H,2-7H2,1H3,(H,16,18)(H,17,19). The van der Waals surface area contributed by atoms with Gasteiger partial charge in [-0.3, -0.25) is 14.6 Å².